The normalized spacial score (nSPS) is 14.7. The lowest BCUT2D eigenvalue weighted by molar-refractivity contribution is 0.0930. The van der Waals surface area contributed by atoms with Crippen molar-refractivity contribution < 1.29 is 13.9 Å². The molecule has 0 bridgehead atoms. The minimum Gasteiger partial charge on any atom is -0.494 e. The molecule has 0 heterocycles. The Morgan fingerprint density at radius 2 is 2.21 bits per heavy atom. The highest BCUT2D eigenvalue weighted by atomic mass is 19.1. The molecule has 1 aromatic carbocycles. The van der Waals surface area contributed by atoms with Crippen LogP contribution in [0.3, 0.4) is 0 Å². The van der Waals surface area contributed by atoms with Crippen molar-refractivity contribution in [1.29, 1.82) is 0 Å². The lowest BCUT2D eigenvalue weighted by Gasteiger charge is -2.19. The second-order valence-electron chi connectivity index (χ2n) is 5.04. The first kappa shape index (κ1) is 14.0. The van der Waals surface area contributed by atoms with Crippen LogP contribution in [-0.4, -0.2) is 37.4 Å². The summed E-state index contributed by atoms with van der Waals surface area (Å²) in [7, 11) is 1.41. The smallest absolute Gasteiger partial charge is 0.176 e. The Labute approximate surface area is 113 Å². The predicted molar refractivity (Wildman–Crippen MR) is 72.1 cm³/mol. The van der Waals surface area contributed by atoms with Gasteiger partial charge < -0.3 is 4.74 Å². The number of methoxy groups -OCH3 is 1. The van der Waals surface area contributed by atoms with Gasteiger partial charge in [-0.1, -0.05) is 6.92 Å². The Bertz CT molecular complexity index is 457. The average molecular weight is 265 g/mol. The van der Waals surface area contributed by atoms with Crippen LogP contribution in [0, 0.1) is 11.7 Å². The summed E-state index contributed by atoms with van der Waals surface area (Å²) in [6.45, 7) is 4.23. The van der Waals surface area contributed by atoms with E-state index in [0.29, 0.717) is 12.1 Å². The second kappa shape index (κ2) is 6.15. The van der Waals surface area contributed by atoms with Gasteiger partial charge in [-0.25, -0.2) is 4.39 Å². The first-order chi connectivity index (χ1) is 9.13. The van der Waals surface area contributed by atoms with Crippen LogP contribution in [0.1, 0.15) is 30.1 Å². The van der Waals surface area contributed by atoms with Crippen LogP contribution >= 0.6 is 0 Å². The Hall–Kier alpha value is -1.42. The van der Waals surface area contributed by atoms with Gasteiger partial charge in [0.25, 0.3) is 0 Å². The number of ether oxygens (including phenoxy) is 1. The molecule has 0 spiro atoms. The van der Waals surface area contributed by atoms with E-state index >= 15 is 0 Å². The van der Waals surface area contributed by atoms with Crippen LogP contribution in [0.4, 0.5) is 4.39 Å². The van der Waals surface area contributed by atoms with Crippen molar-refractivity contribution in [1.82, 2.24) is 4.90 Å². The fourth-order valence-electron chi connectivity index (χ4n) is 2.11. The molecule has 1 saturated carbocycles. The number of likely N-dealkylation sites (N-methyl/N-ethyl adjacent to an activating group) is 1. The number of hydrogen-bond donors (Lipinski definition) is 0. The third-order valence-corrected chi connectivity index (χ3v) is 3.50. The molecule has 0 N–H and O–H groups in total. The third kappa shape index (κ3) is 3.77. The summed E-state index contributed by atoms with van der Waals surface area (Å²) in [5.41, 5.74) is 0.410. The van der Waals surface area contributed by atoms with Crippen LogP contribution in [-0.2, 0) is 0 Å². The van der Waals surface area contributed by atoms with Crippen molar-refractivity contribution in [2.45, 2.75) is 19.8 Å². The zero-order chi connectivity index (χ0) is 13.8. The lowest BCUT2D eigenvalue weighted by atomic mass is 10.1. The highest BCUT2D eigenvalue weighted by molar-refractivity contribution is 5.97. The molecule has 0 atom stereocenters. The van der Waals surface area contributed by atoms with Gasteiger partial charge in [0, 0.05) is 12.1 Å². The number of rotatable bonds is 7. The average Bonchev–Trinajstić information content (AvgIpc) is 3.21. The maximum atomic E-state index is 13.6. The second-order valence-corrected chi connectivity index (χ2v) is 5.04. The van der Waals surface area contributed by atoms with Gasteiger partial charge in [-0.15, -0.1) is 0 Å². The molecule has 1 fully saturated rings. The van der Waals surface area contributed by atoms with Crippen molar-refractivity contribution in [3.63, 3.8) is 0 Å². The van der Waals surface area contributed by atoms with E-state index in [-0.39, 0.29) is 11.5 Å². The first-order valence-corrected chi connectivity index (χ1v) is 6.73. The molecule has 2 rings (SSSR count). The molecule has 0 aromatic heterocycles. The third-order valence-electron chi connectivity index (χ3n) is 3.50. The maximum Gasteiger partial charge on any atom is 0.176 e. The van der Waals surface area contributed by atoms with E-state index in [4.69, 9.17) is 4.74 Å². The minimum absolute atomic E-state index is 0.0379. The van der Waals surface area contributed by atoms with E-state index in [1.165, 1.54) is 32.1 Å². The molecule has 19 heavy (non-hydrogen) atoms. The minimum atomic E-state index is -0.487. The first-order valence-electron chi connectivity index (χ1n) is 6.73. The molecule has 0 saturated heterocycles. The molecule has 4 heteroatoms. The number of carbonyl (C=O) groups is 1. The van der Waals surface area contributed by atoms with Crippen molar-refractivity contribution >= 4 is 5.78 Å². The summed E-state index contributed by atoms with van der Waals surface area (Å²) in [4.78, 5) is 14.2. The number of carbonyl (C=O) groups excluding carboxylic acids is 1. The Morgan fingerprint density at radius 1 is 1.47 bits per heavy atom. The maximum absolute atomic E-state index is 13.6. The van der Waals surface area contributed by atoms with Crippen LogP contribution in [0.5, 0.6) is 5.75 Å². The van der Waals surface area contributed by atoms with Gasteiger partial charge in [0.05, 0.1) is 13.7 Å². The molecule has 0 amide bonds. The van der Waals surface area contributed by atoms with Crippen molar-refractivity contribution in [3.05, 3.63) is 29.6 Å². The molecule has 1 aliphatic rings. The number of Topliss-reactive ketones (excluding diaryl/α,β-unsaturated/α-hetero) is 1. The molecular formula is C15H20FNO2. The number of ketones is 1. The van der Waals surface area contributed by atoms with Crippen LogP contribution < -0.4 is 4.74 Å². The number of hydrogen-bond acceptors (Lipinski definition) is 3. The summed E-state index contributed by atoms with van der Waals surface area (Å²) in [6, 6.07) is 4.38. The molecular weight excluding hydrogens is 245 g/mol. The number of nitrogens with zero attached hydrogens (tertiary/aromatic N) is 1. The highest BCUT2D eigenvalue weighted by Gasteiger charge is 2.24. The molecule has 0 aliphatic heterocycles. The van der Waals surface area contributed by atoms with Crippen molar-refractivity contribution in [3.8, 4) is 5.75 Å². The van der Waals surface area contributed by atoms with E-state index in [9.17, 15) is 9.18 Å². The monoisotopic (exact) mass is 265 g/mol. The zero-order valence-electron chi connectivity index (χ0n) is 11.5. The molecule has 0 radical (unpaired) electrons. The van der Waals surface area contributed by atoms with Gasteiger partial charge in [-0.3, -0.25) is 9.69 Å². The quantitative estimate of drug-likeness (QED) is 0.710. The summed E-state index contributed by atoms with van der Waals surface area (Å²) in [6.07, 6.45) is 2.53. The van der Waals surface area contributed by atoms with E-state index < -0.39 is 5.82 Å². The Kier molecular flexibility index (Phi) is 4.53. The topological polar surface area (TPSA) is 29.5 Å². The van der Waals surface area contributed by atoms with Crippen LogP contribution in [0.25, 0.3) is 0 Å². The van der Waals surface area contributed by atoms with Gasteiger partial charge in [0.15, 0.2) is 17.3 Å². The van der Waals surface area contributed by atoms with E-state index in [0.717, 1.165) is 19.0 Å². The Balaban J connectivity index is 1.99. The zero-order valence-corrected chi connectivity index (χ0v) is 11.5. The van der Waals surface area contributed by atoms with Crippen molar-refractivity contribution in [2.75, 3.05) is 26.7 Å². The fourth-order valence-corrected chi connectivity index (χ4v) is 2.11. The van der Waals surface area contributed by atoms with Gasteiger partial charge in [-0.2, -0.15) is 0 Å². The van der Waals surface area contributed by atoms with E-state index in [2.05, 4.69) is 4.90 Å². The molecule has 104 valence electrons. The summed E-state index contributed by atoms with van der Waals surface area (Å²) in [5.74, 6) is 0.393. The lowest BCUT2D eigenvalue weighted by Crippen LogP contribution is -2.31. The van der Waals surface area contributed by atoms with Gasteiger partial charge >= 0.3 is 0 Å². The summed E-state index contributed by atoms with van der Waals surface area (Å²) < 4.78 is 18.4. The molecule has 1 aromatic rings. The molecule has 0 unspecified atom stereocenters. The highest BCUT2D eigenvalue weighted by Crippen LogP contribution is 2.29. The summed E-state index contributed by atoms with van der Waals surface area (Å²) in [5, 5.41) is 0. The number of halogens is 1. The predicted octanol–water partition coefficient (Wildman–Crippen LogP) is 2.75. The van der Waals surface area contributed by atoms with E-state index in [1.807, 2.05) is 6.92 Å². The molecule has 3 nitrogen and oxygen atoms in total. The van der Waals surface area contributed by atoms with Crippen LogP contribution in [0.2, 0.25) is 0 Å². The number of benzene rings is 1. The summed E-state index contributed by atoms with van der Waals surface area (Å²) >= 11 is 0. The van der Waals surface area contributed by atoms with Crippen LogP contribution in [0.15, 0.2) is 18.2 Å². The SMILES string of the molecule is CCN(CC(=O)c1ccc(OC)c(F)c1)CC1CC1. The van der Waals surface area contributed by atoms with Gasteiger partial charge in [-0.05, 0) is 43.5 Å². The van der Waals surface area contributed by atoms with Gasteiger partial charge in [0.1, 0.15) is 0 Å². The van der Waals surface area contributed by atoms with Crippen molar-refractivity contribution in [2.24, 2.45) is 5.92 Å². The fraction of sp³-hybridized carbons (Fsp3) is 0.533. The largest absolute Gasteiger partial charge is 0.494 e. The van der Waals surface area contributed by atoms with Gasteiger partial charge in [0.2, 0.25) is 0 Å². The molecule has 1 aliphatic carbocycles. The standard InChI is InChI=1S/C15H20FNO2/c1-3-17(9-11-4-5-11)10-14(18)12-6-7-15(19-2)13(16)8-12/h6-8,11H,3-5,9-10H2,1-2H3. The Morgan fingerprint density at radius 3 is 2.74 bits per heavy atom. The van der Waals surface area contributed by atoms with E-state index in [1.54, 1.807) is 6.07 Å².